The van der Waals surface area contributed by atoms with Crippen LogP contribution in [0.4, 0.5) is 5.82 Å². The molecule has 0 saturated heterocycles. The molecule has 0 aliphatic carbocycles. The first-order valence-corrected chi connectivity index (χ1v) is 6.11. The molecule has 6 nitrogen and oxygen atoms in total. The van der Waals surface area contributed by atoms with Gasteiger partial charge in [0.05, 0.1) is 0 Å². The van der Waals surface area contributed by atoms with Gasteiger partial charge in [-0.1, -0.05) is 11.6 Å². The zero-order valence-corrected chi connectivity index (χ0v) is 11.1. The Labute approximate surface area is 109 Å². The number of nitriles is 1. The lowest BCUT2D eigenvalue weighted by molar-refractivity contribution is 0.801. The second-order valence-corrected chi connectivity index (χ2v) is 4.56. The van der Waals surface area contributed by atoms with E-state index in [4.69, 9.17) is 16.9 Å². The maximum Gasteiger partial charge on any atom is 0.204 e. The molecule has 0 aliphatic heterocycles. The summed E-state index contributed by atoms with van der Waals surface area (Å²) in [4.78, 5) is 9.99. The number of halogens is 1. The van der Waals surface area contributed by atoms with E-state index in [2.05, 4.69) is 20.6 Å². The molecule has 0 aliphatic rings. The smallest absolute Gasteiger partial charge is 0.204 e. The van der Waals surface area contributed by atoms with Crippen molar-refractivity contribution < 1.29 is 0 Å². The first-order valence-electron chi connectivity index (χ1n) is 4.85. The van der Waals surface area contributed by atoms with Gasteiger partial charge in [0, 0.05) is 32.6 Å². The number of hydrogen-bond acceptors (Lipinski definition) is 5. The van der Waals surface area contributed by atoms with E-state index >= 15 is 0 Å². The molecule has 1 heterocycles. The van der Waals surface area contributed by atoms with Gasteiger partial charge in [-0.3, -0.25) is 10.3 Å². The fourth-order valence-corrected chi connectivity index (χ4v) is 1.91. The fourth-order valence-electron chi connectivity index (χ4n) is 1.11. The van der Waals surface area contributed by atoms with Crippen LogP contribution >= 0.6 is 22.9 Å². The van der Waals surface area contributed by atoms with E-state index in [9.17, 15) is 0 Å². The van der Waals surface area contributed by atoms with Gasteiger partial charge < -0.3 is 10.2 Å². The van der Waals surface area contributed by atoms with Crippen molar-refractivity contribution in [2.75, 3.05) is 32.1 Å². The molecule has 2 N–H and O–H groups in total. The molecular formula is C9H13ClN6S. The van der Waals surface area contributed by atoms with Crippen LogP contribution in [-0.2, 0) is 0 Å². The summed E-state index contributed by atoms with van der Waals surface area (Å²) in [6.07, 6.45) is 1.81. The minimum absolute atomic E-state index is 0.456. The molecule has 0 amide bonds. The number of anilines is 1. The van der Waals surface area contributed by atoms with Crippen molar-refractivity contribution in [2.45, 2.75) is 0 Å². The highest BCUT2D eigenvalue weighted by atomic mass is 35.5. The molecule has 1 aromatic heterocycles. The Bertz CT molecular complexity index is 423. The third kappa shape index (κ3) is 4.46. The normalized spacial score (nSPS) is 10.8. The minimum atomic E-state index is 0.456. The van der Waals surface area contributed by atoms with E-state index in [0.29, 0.717) is 17.0 Å². The average molecular weight is 273 g/mol. The number of thiazole rings is 1. The Morgan fingerprint density at radius 1 is 1.76 bits per heavy atom. The van der Waals surface area contributed by atoms with Crippen LogP contribution in [0.1, 0.15) is 0 Å². The van der Waals surface area contributed by atoms with Gasteiger partial charge in [0.25, 0.3) is 0 Å². The standard InChI is InChI=1S/C9H13ClN6S/c1-12-9(14-6-11)13-3-4-16(2)7-5-17-8(10)15-7/h5H,3-4H2,1-2H3,(H2,12,13,14). The summed E-state index contributed by atoms with van der Waals surface area (Å²) in [5, 5.41) is 15.8. The van der Waals surface area contributed by atoms with Gasteiger partial charge in [0.2, 0.25) is 5.96 Å². The van der Waals surface area contributed by atoms with Crippen molar-refractivity contribution >= 4 is 34.7 Å². The van der Waals surface area contributed by atoms with Gasteiger partial charge in [-0.25, -0.2) is 4.98 Å². The Morgan fingerprint density at radius 2 is 2.53 bits per heavy atom. The number of hydrogen-bond donors (Lipinski definition) is 2. The van der Waals surface area contributed by atoms with Gasteiger partial charge in [-0.2, -0.15) is 5.26 Å². The maximum absolute atomic E-state index is 8.44. The lowest BCUT2D eigenvalue weighted by atomic mass is 10.5. The van der Waals surface area contributed by atoms with E-state index in [-0.39, 0.29) is 0 Å². The molecule has 0 bridgehead atoms. The zero-order chi connectivity index (χ0) is 12.7. The maximum atomic E-state index is 8.44. The lowest BCUT2D eigenvalue weighted by Crippen LogP contribution is -2.39. The predicted octanol–water partition coefficient (Wildman–Crippen LogP) is 0.879. The largest absolute Gasteiger partial charge is 0.357 e. The Kier molecular flexibility index (Phi) is 5.52. The molecule has 8 heteroatoms. The highest BCUT2D eigenvalue weighted by molar-refractivity contribution is 7.14. The van der Waals surface area contributed by atoms with Crippen LogP contribution < -0.4 is 15.5 Å². The lowest BCUT2D eigenvalue weighted by Gasteiger charge is -2.16. The molecule has 1 aromatic rings. The Hall–Kier alpha value is -1.52. The van der Waals surface area contributed by atoms with E-state index in [1.165, 1.54) is 11.3 Å². The van der Waals surface area contributed by atoms with Crippen molar-refractivity contribution in [1.29, 1.82) is 5.26 Å². The van der Waals surface area contributed by atoms with Crippen LogP contribution in [0.5, 0.6) is 0 Å². The molecular weight excluding hydrogens is 260 g/mol. The van der Waals surface area contributed by atoms with Crippen molar-refractivity contribution in [1.82, 2.24) is 15.6 Å². The molecule has 0 fully saturated rings. The van der Waals surface area contributed by atoms with Crippen molar-refractivity contribution in [2.24, 2.45) is 4.99 Å². The van der Waals surface area contributed by atoms with Crippen LogP contribution in [0.15, 0.2) is 10.4 Å². The summed E-state index contributed by atoms with van der Waals surface area (Å²) in [5.74, 6) is 1.29. The Morgan fingerprint density at radius 3 is 3.06 bits per heavy atom. The van der Waals surface area contributed by atoms with Gasteiger partial charge >= 0.3 is 0 Å². The summed E-state index contributed by atoms with van der Waals surface area (Å²) >= 11 is 7.15. The average Bonchev–Trinajstić information content (AvgIpc) is 2.74. The predicted molar refractivity (Wildman–Crippen MR) is 70.5 cm³/mol. The third-order valence-corrected chi connectivity index (χ3v) is 2.96. The summed E-state index contributed by atoms with van der Waals surface area (Å²) in [5.41, 5.74) is 0. The van der Waals surface area contributed by atoms with Gasteiger partial charge in [0.1, 0.15) is 5.82 Å². The SMILES string of the molecule is CN=C(NC#N)NCCN(C)c1csc(Cl)n1. The molecule has 0 aromatic carbocycles. The number of likely N-dealkylation sites (N-methyl/N-ethyl adjacent to an activating group) is 1. The number of aromatic nitrogens is 1. The number of aliphatic imine (C=N–C) groups is 1. The molecule has 0 unspecified atom stereocenters. The minimum Gasteiger partial charge on any atom is -0.357 e. The highest BCUT2D eigenvalue weighted by Gasteiger charge is 2.05. The molecule has 0 spiro atoms. The van der Waals surface area contributed by atoms with E-state index in [0.717, 1.165) is 12.4 Å². The van der Waals surface area contributed by atoms with Gasteiger partial charge in [0.15, 0.2) is 10.7 Å². The monoisotopic (exact) mass is 272 g/mol. The molecule has 17 heavy (non-hydrogen) atoms. The summed E-state index contributed by atoms with van der Waals surface area (Å²) in [6.45, 7) is 1.37. The molecule has 0 saturated carbocycles. The molecule has 92 valence electrons. The molecule has 1 rings (SSSR count). The first kappa shape index (κ1) is 13.5. The molecule has 0 atom stereocenters. The summed E-state index contributed by atoms with van der Waals surface area (Å²) in [7, 11) is 3.53. The van der Waals surface area contributed by atoms with Crippen LogP contribution in [0.25, 0.3) is 0 Å². The van der Waals surface area contributed by atoms with Crippen molar-refractivity contribution in [3.05, 3.63) is 9.85 Å². The van der Waals surface area contributed by atoms with E-state index in [1.807, 2.05) is 17.3 Å². The quantitative estimate of drug-likeness (QED) is 0.368. The molecule has 0 radical (unpaired) electrons. The number of nitrogens with one attached hydrogen (secondary N) is 2. The highest BCUT2D eigenvalue weighted by Crippen LogP contribution is 2.20. The zero-order valence-electron chi connectivity index (χ0n) is 9.57. The number of rotatable bonds is 4. The van der Waals surface area contributed by atoms with Crippen LogP contribution in [0.3, 0.4) is 0 Å². The fraction of sp³-hybridized carbons (Fsp3) is 0.444. The van der Waals surface area contributed by atoms with Crippen LogP contribution in [0, 0.1) is 11.5 Å². The number of nitrogens with zero attached hydrogens (tertiary/aromatic N) is 4. The van der Waals surface area contributed by atoms with Gasteiger partial charge in [-0.15, -0.1) is 11.3 Å². The summed E-state index contributed by atoms with van der Waals surface area (Å²) in [6, 6.07) is 0. The second kappa shape index (κ2) is 6.93. The first-order chi connectivity index (χ1) is 8.17. The Balaban J connectivity index is 2.34. The topological polar surface area (TPSA) is 76.3 Å². The summed E-state index contributed by atoms with van der Waals surface area (Å²) < 4.78 is 0.529. The van der Waals surface area contributed by atoms with Crippen molar-refractivity contribution in [3.8, 4) is 6.19 Å². The second-order valence-electron chi connectivity index (χ2n) is 3.12. The van der Waals surface area contributed by atoms with E-state index in [1.54, 1.807) is 13.2 Å². The van der Waals surface area contributed by atoms with Crippen molar-refractivity contribution in [3.63, 3.8) is 0 Å². The number of guanidine groups is 1. The van der Waals surface area contributed by atoms with Crippen LogP contribution in [-0.4, -0.2) is 38.1 Å². The van der Waals surface area contributed by atoms with Crippen LogP contribution in [0.2, 0.25) is 4.47 Å². The third-order valence-electron chi connectivity index (χ3n) is 1.99. The van der Waals surface area contributed by atoms with E-state index < -0.39 is 0 Å². The van der Waals surface area contributed by atoms with Gasteiger partial charge in [-0.05, 0) is 0 Å².